The van der Waals surface area contributed by atoms with E-state index >= 15 is 0 Å². The summed E-state index contributed by atoms with van der Waals surface area (Å²) in [5.74, 6) is 0. The van der Waals surface area contributed by atoms with Gasteiger partial charge in [0.2, 0.25) is 0 Å². The fourth-order valence-electron chi connectivity index (χ4n) is 2.33. The fraction of sp³-hybridized carbons (Fsp3) is 0.316. The molecule has 0 aliphatic heterocycles. The number of hydrogen-bond donors (Lipinski definition) is 1. The average molecular weight is 313 g/mol. The molecular formula is C19H23NO3. The highest BCUT2D eigenvalue weighted by Crippen LogP contribution is 2.13. The lowest BCUT2D eigenvalue weighted by Gasteiger charge is -2.28. The van der Waals surface area contributed by atoms with E-state index in [1.165, 1.54) is 0 Å². The number of carbonyl (C=O) groups is 1. The Morgan fingerprint density at radius 3 is 2.17 bits per heavy atom. The molecule has 0 heterocycles. The normalized spacial score (nSPS) is 11.7. The molecule has 0 saturated heterocycles. The van der Waals surface area contributed by atoms with Gasteiger partial charge in [0, 0.05) is 19.2 Å². The van der Waals surface area contributed by atoms with Gasteiger partial charge >= 0.3 is 6.09 Å². The van der Waals surface area contributed by atoms with Crippen molar-refractivity contribution in [1.29, 1.82) is 0 Å². The summed E-state index contributed by atoms with van der Waals surface area (Å²) in [4.78, 5) is 14.1. The van der Waals surface area contributed by atoms with Gasteiger partial charge in [0.15, 0.2) is 0 Å². The van der Waals surface area contributed by atoms with Gasteiger partial charge in [-0.15, -0.1) is 0 Å². The van der Waals surface area contributed by atoms with Crippen LogP contribution in [0.3, 0.4) is 0 Å². The monoisotopic (exact) mass is 313 g/mol. The Kier molecular flexibility index (Phi) is 6.63. The molecule has 1 unspecified atom stereocenters. The maximum atomic E-state index is 12.5. The predicted octanol–water partition coefficient (Wildman–Crippen LogP) is 3.60. The highest BCUT2D eigenvalue weighted by molar-refractivity contribution is 5.68. The van der Waals surface area contributed by atoms with Crippen LogP contribution in [0.15, 0.2) is 60.7 Å². The zero-order valence-electron chi connectivity index (χ0n) is 13.4. The average Bonchev–Trinajstić information content (AvgIpc) is 2.59. The maximum absolute atomic E-state index is 12.5. The lowest BCUT2D eigenvalue weighted by molar-refractivity contribution is 0.0745. The highest BCUT2D eigenvalue weighted by Gasteiger charge is 2.21. The molecule has 2 aromatic rings. The second-order valence-corrected chi connectivity index (χ2v) is 5.51. The smallest absolute Gasteiger partial charge is 0.410 e. The first-order valence-electron chi connectivity index (χ1n) is 7.83. The van der Waals surface area contributed by atoms with E-state index in [2.05, 4.69) is 0 Å². The van der Waals surface area contributed by atoms with Gasteiger partial charge in [-0.25, -0.2) is 4.79 Å². The van der Waals surface area contributed by atoms with Crippen LogP contribution in [0.4, 0.5) is 4.79 Å². The van der Waals surface area contributed by atoms with Crippen molar-refractivity contribution in [3.8, 4) is 0 Å². The zero-order valence-corrected chi connectivity index (χ0v) is 13.4. The molecule has 1 atom stereocenters. The zero-order chi connectivity index (χ0) is 16.5. The quantitative estimate of drug-likeness (QED) is 0.849. The molecule has 0 saturated carbocycles. The third-order valence-corrected chi connectivity index (χ3v) is 3.71. The number of benzene rings is 2. The molecular weight excluding hydrogens is 290 g/mol. The molecule has 122 valence electrons. The maximum Gasteiger partial charge on any atom is 0.410 e. The van der Waals surface area contributed by atoms with Crippen LogP contribution in [-0.2, 0) is 17.9 Å². The van der Waals surface area contributed by atoms with Gasteiger partial charge in [-0.2, -0.15) is 0 Å². The summed E-state index contributed by atoms with van der Waals surface area (Å²) < 4.78 is 5.44. The Morgan fingerprint density at radius 1 is 1.04 bits per heavy atom. The predicted molar refractivity (Wildman–Crippen MR) is 89.8 cm³/mol. The van der Waals surface area contributed by atoms with Gasteiger partial charge in [0.05, 0.1) is 0 Å². The van der Waals surface area contributed by atoms with Gasteiger partial charge in [0.25, 0.3) is 0 Å². The molecule has 1 amide bonds. The van der Waals surface area contributed by atoms with E-state index in [0.717, 1.165) is 11.1 Å². The number of amides is 1. The Balaban J connectivity index is 2.01. The van der Waals surface area contributed by atoms with Crippen LogP contribution in [-0.4, -0.2) is 28.7 Å². The number of aliphatic hydroxyl groups excluding tert-OH is 1. The lowest BCUT2D eigenvalue weighted by Crippen LogP contribution is -2.39. The molecule has 0 radical (unpaired) electrons. The van der Waals surface area contributed by atoms with E-state index in [1.54, 1.807) is 4.90 Å². The van der Waals surface area contributed by atoms with Crippen molar-refractivity contribution in [1.82, 2.24) is 4.90 Å². The Hall–Kier alpha value is -2.33. The van der Waals surface area contributed by atoms with Gasteiger partial charge in [-0.3, -0.25) is 0 Å². The van der Waals surface area contributed by atoms with E-state index in [1.807, 2.05) is 67.6 Å². The van der Waals surface area contributed by atoms with Gasteiger partial charge < -0.3 is 14.7 Å². The van der Waals surface area contributed by atoms with E-state index in [4.69, 9.17) is 9.84 Å². The van der Waals surface area contributed by atoms with Crippen LogP contribution in [0.5, 0.6) is 0 Å². The number of aliphatic hydroxyl groups is 1. The minimum Gasteiger partial charge on any atom is -0.445 e. The SMILES string of the molecule is CC(CCO)N(Cc1ccccc1)C(=O)OCc1ccccc1. The molecule has 0 fully saturated rings. The Labute approximate surface area is 137 Å². The Bertz CT molecular complexity index is 586. The molecule has 2 rings (SSSR count). The van der Waals surface area contributed by atoms with Crippen molar-refractivity contribution >= 4 is 6.09 Å². The highest BCUT2D eigenvalue weighted by atomic mass is 16.6. The van der Waals surface area contributed by atoms with Crippen molar-refractivity contribution in [2.24, 2.45) is 0 Å². The van der Waals surface area contributed by atoms with E-state index in [9.17, 15) is 4.79 Å². The fourth-order valence-corrected chi connectivity index (χ4v) is 2.33. The van der Waals surface area contributed by atoms with Crippen molar-refractivity contribution in [3.63, 3.8) is 0 Å². The van der Waals surface area contributed by atoms with Crippen LogP contribution in [0, 0.1) is 0 Å². The molecule has 2 aromatic carbocycles. The minimum absolute atomic E-state index is 0.0401. The first-order valence-corrected chi connectivity index (χ1v) is 7.83. The lowest BCUT2D eigenvalue weighted by atomic mass is 10.1. The number of carbonyl (C=O) groups excluding carboxylic acids is 1. The molecule has 0 aliphatic rings. The molecule has 4 heteroatoms. The summed E-state index contributed by atoms with van der Waals surface area (Å²) in [7, 11) is 0. The Morgan fingerprint density at radius 2 is 1.61 bits per heavy atom. The van der Waals surface area contributed by atoms with Crippen LogP contribution < -0.4 is 0 Å². The van der Waals surface area contributed by atoms with Crippen LogP contribution >= 0.6 is 0 Å². The third-order valence-electron chi connectivity index (χ3n) is 3.71. The van der Waals surface area contributed by atoms with Gasteiger partial charge in [-0.05, 0) is 24.5 Å². The van der Waals surface area contributed by atoms with Crippen molar-refractivity contribution < 1.29 is 14.6 Å². The first-order chi connectivity index (χ1) is 11.2. The molecule has 0 bridgehead atoms. The molecule has 0 aromatic heterocycles. The third kappa shape index (κ3) is 5.42. The largest absolute Gasteiger partial charge is 0.445 e. The van der Waals surface area contributed by atoms with Crippen molar-refractivity contribution in [3.05, 3.63) is 71.8 Å². The summed E-state index contributed by atoms with van der Waals surface area (Å²) >= 11 is 0. The first kappa shape index (κ1) is 17.0. The standard InChI is InChI=1S/C19H23NO3/c1-16(12-13-21)20(14-17-8-4-2-5-9-17)19(22)23-15-18-10-6-3-7-11-18/h2-11,16,21H,12-15H2,1H3. The molecule has 23 heavy (non-hydrogen) atoms. The number of rotatable bonds is 7. The summed E-state index contributed by atoms with van der Waals surface area (Å²) in [6.45, 7) is 2.67. The second kappa shape index (κ2) is 8.96. The number of hydrogen-bond acceptors (Lipinski definition) is 3. The number of ether oxygens (including phenoxy) is 1. The van der Waals surface area contributed by atoms with E-state index in [0.29, 0.717) is 13.0 Å². The topological polar surface area (TPSA) is 49.8 Å². The van der Waals surface area contributed by atoms with E-state index < -0.39 is 0 Å². The summed E-state index contributed by atoms with van der Waals surface area (Å²) in [5.41, 5.74) is 1.99. The minimum atomic E-state index is -0.362. The van der Waals surface area contributed by atoms with Crippen molar-refractivity contribution in [2.45, 2.75) is 32.5 Å². The molecule has 4 nitrogen and oxygen atoms in total. The van der Waals surface area contributed by atoms with E-state index in [-0.39, 0.29) is 25.3 Å². The van der Waals surface area contributed by atoms with Gasteiger partial charge in [-0.1, -0.05) is 60.7 Å². The van der Waals surface area contributed by atoms with Gasteiger partial charge in [0.1, 0.15) is 6.61 Å². The summed E-state index contributed by atoms with van der Waals surface area (Å²) in [6.07, 6.45) is 0.159. The molecule has 1 N–H and O–H groups in total. The summed E-state index contributed by atoms with van der Waals surface area (Å²) in [6, 6.07) is 19.3. The molecule has 0 spiro atoms. The number of nitrogens with zero attached hydrogens (tertiary/aromatic N) is 1. The van der Waals surface area contributed by atoms with Crippen LogP contribution in [0.1, 0.15) is 24.5 Å². The summed E-state index contributed by atoms with van der Waals surface area (Å²) in [5, 5.41) is 9.16. The van der Waals surface area contributed by atoms with Crippen LogP contribution in [0.2, 0.25) is 0 Å². The molecule has 0 aliphatic carbocycles. The van der Waals surface area contributed by atoms with Crippen LogP contribution in [0.25, 0.3) is 0 Å². The van der Waals surface area contributed by atoms with Crippen molar-refractivity contribution in [2.75, 3.05) is 6.61 Å². The second-order valence-electron chi connectivity index (χ2n) is 5.51.